The van der Waals surface area contributed by atoms with Gasteiger partial charge in [0, 0.05) is 16.8 Å². The Balaban J connectivity index is 2.67. The summed E-state index contributed by atoms with van der Waals surface area (Å²) in [5.74, 6) is 0. The highest BCUT2D eigenvalue weighted by atomic mass is 16.3. The lowest BCUT2D eigenvalue weighted by molar-refractivity contribution is 0.278. The summed E-state index contributed by atoms with van der Waals surface area (Å²) in [7, 11) is 0. The Bertz CT molecular complexity index is 406. The van der Waals surface area contributed by atoms with Gasteiger partial charge < -0.3 is 10.1 Å². The van der Waals surface area contributed by atoms with Gasteiger partial charge in [0.25, 0.3) is 0 Å². The molecule has 0 saturated heterocycles. The summed E-state index contributed by atoms with van der Waals surface area (Å²) >= 11 is 0. The lowest BCUT2D eigenvalue weighted by Crippen LogP contribution is -1.82. The van der Waals surface area contributed by atoms with Gasteiger partial charge in [0.1, 0.15) is 5.65 Å². The number of aryl methyl sites for hydroxylation is 1. The summed E-state index contributed by atoms with van der Waals surface area (Å²) in [6.07, 6.45) is 0. The zero-order chi connectivity index (χ0) is 8.55. The number of H-pyrrole nitrogens is 1. The van der Waals surface area contributed by atoms with E-state index < -0.39 is 0 Å². The number of aliphatic hydroxyl groups excluding tert-OH is 1. The molecule has 3 nitrogen and oxygen atoms in total. The van der Waals surface area contributed by atoms with Crippen molar-refractivity contribution in [3.8, 4) is 0 Å². The van der Waals surface area contributed by atoms with E-state index in [-0.39, 0.29) is 6.61 Å². The Hall–Kier alpha value is -1.35. The van der Waals surface area contributed by atoms with Gasteiger partial charge in [0.05, 0.1) is 6.61 Å². The summed E-state index contributed by atoms with van der Waals surface area (Å²) in [5.41, 5.74) is 2.64. The van der Waals surface area contributed by atoms with E-state index in [1.165, 1.54) is 0 Å². The molecule has 3 heteroatoms. The molecule has 2 rings (SSSR count). The molecule has 0 bridgehead atoms. The van der Waals surface area contributed by atoms with E-state index in [9.17, 15) is 0 Å². The van der Waals surface area contributed by atoms with Crippen LogP contribution in [0.25, 0.3) is 11.0 Å². The molecule has 2 aromatic rings. The van der Waals surface area contributed by atoms with Crippen LogP contribution in [0.2, 0.25) is 0 Å². The number of nitrogens with zero attached hydrogens (tertiary/aromatic N) is 1. The summed E-state index contributed by atoms with van der Waals surface area (Å²) in [5, 5.41) is 9.89. The minimum absolute atomic E-state index is 0.0371. The molecule has 0 aliphatic rings. The first-order chi connectivity index (χ1) is 5.79. The van der Waals surface area contributed by atoms with E-state index >= 15 is 0 Å². The highest BCUT2D eigenvalue weighted by Crippen LogP contribution is 2.13. The van der Waals surface area contributed by atoms with Crippen LogP contribution in [0.5, 0.6) is 0 Å². The van der Waals surface area contributed by atoms with Gasteiger partial charge in [-0.3, -0.25) is 0 Å². The van der Waals surface area contributed by atoms with Gasteiger partial charge in [0.15, 0.2) is 0 Å². The van der Waals surface area contributed by atoms with Crippen LogP contribution in [-0.4, -0.2) is 15.1 Å². The van der Waals surface area contributed by atoms with Crippen LogP contribution < -0.4 is 0 Å². The Morgan fingerprint density at radius 1 is 1.50 bits per heavy atom. The van der Waals surface area contributed by atoms with Crippen molar-refractivity contribution >= 4 is 11.0 Å². The van der Waals surface area contributed by atoms with E-state index in [0.717, 1.165) is 22.4 Å². The lowest BCUT2D eigenvalue weighted by Gasteiger charge is -1.90. The van der Waals surface area contributed by atoms with Crippen LogP contribution in [0.3, 0.4) is 0 Å². The van der Waals surface area contributed by atoms with Crippen molar-refractivity contribution < 1.29 is 5.11 Å². The summed E-state index contributed by atoms with van der Waals surface area (Å²) in [6.45, 7) is 1.98. The predicted octanol–water partition coefficient (Wildman–Crippen LogP) is 1.36. The van der Waals surface area contributed by atoms with Crippen LogP contribution in [0.1, 0.15) is 11.4 Å². The van der Waals surface area contributed by atoms with Gasteiger partial charge in [-0.25, -0.2) is 4.98 Å². The summed E-state index contributed by atoms with van der Waals surface area (Å²) < 4.78 is 0. The third-order valence-electron chi connectivity index (χ3n) is 1.84. The molecule has 0 fully saturated rings. The number of aromatic amines is 1. The maximum atomic E-state index is 8.85. The smallest absolute Gasteiger partial charge is 0.137 e. The first-order valence-electron chi connectivity index (χ1n) is 3.86. The molecule has 0 aliphatic heterocycles. The largest absolute Gasteiger partial charge is 0.390 e. The van der Waals surface area contributed by atoms with Crippen LogP contribution in [-0.2, 0) is 6.61 Å². The molecule has 0 atom stereocenters. The van der Waals surface area contributed by atoms with Crippen LogP contribution in [0.4, 0.5) is 0 Å². The SMILES string of the molecule is Cc1ccc2cc(CO)[nH]c2n1. The zero-order valence-corrected chi connectivity index (χ0v) is 6.83. The molecule has 0 saturated carbocycles. The number of rotatable bonds is 1. The number of aliphatic hydroxyl groups is 1. The Labute approximate surface area is 70.1 Å². The number of hydrogen-bond donors (Lipinski definition) is 2. The molecule has 2 N–H and O–H groups in total. The van der Waals surface area contributed by atoms with Crippen molar-refractivity contribution in [3.05, 3.63) is 29.6 Å². The number of nitrogens with one attached hydrogen (secondary N) is 1. The van der Waals surface area contributed by atoms with Crippen molar-refractivity contribution in [1.29, 1.82) is 0 Å². The van der Waals surface area contributed by atoms with Gasteiger partial charge >= 0.3 is 0 Å². The van der Waals surface area contributed by atoms with Crippen LogP contribution in [0, 0.1) is 6.92 Å². The number of aromatic nitrogens is 2. The van der Waals surface area contributed by atoms with Gasteiger partial charge in [-0.05, 0) is 25.1 Å². The van der Waals surface area contributed by atoms with Crippen molar-refractivity contribution in [2.75, 3.05) is 0 Å². The quantitative estimate of drug-likeness (QED) is 0.665. The van der Waals surface area contributed by atoms with E-state index in [0.29, 0.717) is 0 Å². The minimum Gasteiger partial charge on any atom is -0.390 e. The molecule has 0 aromatic carbocycles. The highest BCUT2D eigenvalue weighted by molar-refractivity contribution is 5.76. The zero-order valence-electron chi connectivity index (χ0n) is 6.83. The number of fused-ring (bicyclic) bond motifs is 1. The minimum atomic E-state index is 0.0371. The Kier molecular flexibility index (Phi) is 1.59. The molecular weight excluding hydrogens is 152 g/mol. The van der Waals surface area contributed by atoms with Crippen LogP contribution in [0.15, 0.2) is 18.2 Å². The van der Waals surface area contributed by atoms with E-state index in [1.54, 1.807) is 0 Å². The highest BCUT2D eigenvalue weighted by Gasteiger charge is 1.99. The van der Waals surface area contributed by atoms with Gasteiger partial charge in [-0.15, -0.1) is 0 Å². The summed E-state index contributed by atoms with van der Waals surface area (Å²) in [6, 6.07) is 5.85. The third-order valence-corrected chi connectivity index (χ3v) is 1.84. The molecule has 2 aromatic heterocycles. The fraction of sp³-hybridized carbons (Fsp3) is 0.222. The maximum Gasteiger partial charge on any atom is 0.137 e. The van der Waals surface area contributed by atoms with E-state index in [2.05, 4.69) is 9.97 Å². The molecule has 0 radical (unpaired) electrons. The molecule has 0 spiro atoms. The summed E-state index contributed by atoms with van der Waals surface area (Å²) in [4.78, 5) is 7.30. The maximum absolute atomic E-state index is 8.85. The second-order valence-electron chi connectivity index (χ2n) is 2.84. The van der Waals surface area contributed by atoms with Gasteiger partial charge in [0.2, 0.25) is 0 Å². The second kappa shape index (κ2) is 2.60. The average molecular weight is 162 g/mol. The monoisotopic (exact) mass is 162 g/mol. The van der Waals surface area contributed by atoms with Crippen molar-refractivity contribution in [2.45, 2.75) is 13.5 Å². The van der Waals surface area contributed by atoms with E-state index in [4.69, 9.17) is 5.11 Å². The number of hydrogen-bond acceptors (Lipinski definition) is 2. The molecule has 0 amide bonds. The van der Waals surface area contributed by atoms with Crippen LogP contribution >= 0.6 is 0 Å². The molecule has 0 aliphatic carbocycles. The fourth-order valence-corrected chi connectivity index (χ4v) is 1.25. The Morgan fingerprint density at radius 2 is 2.33 bits per heavy atom. The lowest BCUT2D eigenvalue weighted by atomic mass is 10.3. The Morgan fingerprint density at radius 3 is 3.08 bits per heavy atom. The molecule has 12 heavy (non-hydrogen) atoms. The first-order valence-corrected chi connectivity index (χ1v) is 3.86. The van der Waals surface area contributed by atoms with Crippen molar-refractivity contribution in [2.24, 2.45) is 0 Å². The molecule has 2 heterocycles. The molecular formula is C9H10N2O. The predicted molar refractivity (Wildman–Crippen MR) is 46.8 cm³/mol. The molecule has 62 valence electrons. The van der Waals surface area contributed by atoms with Crippen molar-refractivity contribution in [3.63, 3.8) is 0 Å². The van der Waals surface area contributed by atoms with Crippen molar-refractivity contribution in [1.82, 2.24) is 9.97 Å². The first kappa shape index (κ1) is 7.31. The topological polar surface area (TPSA) is 48.9 Å². The second-order valence-corrected chi connectivity index (χ2v) is 2.84. The normalized spacial score (nSPS) is 10.8. The van der Waals surface area contributed by atoms with E-state index in [1.807, 2.05) is 25.1 Å². The average Bonchev–Trinajstić information content (AvgIpc) is 2.46. The number of pyridine rings is 1. The fourth-order valence-electron chi connectivity index (χ4n) is 1.25. The van der Waals surface area contributed by atoms with Gasteiger partial charge in [-0.2, -0.15) is 0 Å². The standard InChI is InChI=1S/C9H10N2O/c1-6-2-3-7-4-8(5-12)11-9(7)10-6/h2-4,12H,5H2,1H3,(H,10,11). The van der Waals surface area contributed by atoms with Gasteiger partial charge in [-0.1, -0.05) is 0 Å². The molecule has 0 unspecified atom stereocenters. The third kappa shape index (κ3) is 1.08.